The highest BCUT2D eigenvalue weighted by atomic mass is 14.9. The van der Waals surface area contributed by atoms with Gasteiger partial charge in [-0.1, -0.05) is 68.9 Å². The van der Waals surface area contributed by atoms with E-state index in [9.17, 15) is 0 Å². The number of unbranched alkanes of at least 4 members (excludes halogenated alkanes) is 1. The van der Waals surface area contributed by atoms with Crippen LogP contribution in [0.5, 0.6) is 0 Å². The lowest BCUT2D eigenvalue weighted by atomic mass is 9.75. The third kappa shape index (κ3) is 4.09. The van der Waals surface area contributed by atoms with Gasteiger partial charge in [-0.2, -0.15) is 0 Å². The van der Waals surface area contributed by atoms with Crippen molar-refractivity contribution in [2.75, 3.05) is 7.05 Å². The third-order valence-electron chi connectivity index (χ3n) is 5.08. The first-order valence-corrected chi connectivity index (χ1v) is 8.48. The highest BCUT2D eigenvalue weighted by molar-refractivity contribution is 5.24. The van der Waals surface area contributed by atoms with E-state index in [4.69, 9.17) is 0 Å². The molecular weight excluding hydrogens is 242 g/mol. The molecule has 112 valence electrons. The Bertz CT molecular complexity index is 373. The lowest BCUT2D eigenvalue weighted by molar-refractivity contribution is 0.218. The smallest absolute Gasteiger partial charge is 0.0346 e. The minimum atomic E-state index is 0.544. The first kappa shape index (κ1) is 15.6. The molecule has 1 aliphatic rings. The summed E-state index contributed by atoms with van der Waals surface area (Å²) >= 11 is 0. The Morgan fingerprint density at radius 2 is 1.75 bits per heavy atom. The Labute approximate surface area is 125 Å². The van der Waals surface area contributed by atoms with Crippen molar-refractivity contribution >= 4 is 0 Å². The summed E-state index contributed by atoms with van der Waals surface area (Å²) < 4.78 is 0. The van der Waals surface area contributed by atoms with E-state index in [1.165, 1.54) is 56.1 Å². The summed E-state index contributed by atoms with van der Waals surface area (Å²) in [5.74, 6) is 1.82. The molecule has 0 saturated heterocycles. The second-order valence-electron chi connectivity index (χ2n) is 6.60. The fourth-order valence-electron chi connectivity index (χ4n) is 3.75. The zero-order valence-corrected chi connectivity index (χ0v) is 13.5. The van der Waals surface area contributed by atoms with Gasteiger partial charge < -0.3 is 5.32 Å². The standard InChI is InChI=1S/C19H31N/c1-4-5-6-16-9-13-18(14-10-16)19(20-3)17-11-7-15(2)8-12-17/h7-8,11-12,16,18-20H,4-6,9-10,13-14H2,1-3H3. The van der Waals surface area contributed by atoms with Gasteiger partial charge in [0, 0.05) is 6.04 Å². The molecule has 0 spiro atoms. The van der Waals surface area contributed by atoms with Crippen molar-refractivity contribution in [3.8, 4) is 0 Å². The molecule has 1 unspecified atom stereocenters. The summed E-state index contributed by atoms with van der Waals surface area (Å²) in [6.07, 6.45) is 9.90. The second kappa shape index (κ2) is 7.83. The Balaban J connectivity index is 1.91. The maximum absolute atomic E-state index is 3.57. The first-order chi connectivity index (χ1) is 9.74. The molecule has 2 rings (SSSR count). The van der Waals surface area contributed by atoms with E-state index in [2.05, 4.69) is 50.5 Å². The molecule has 0 aliphatic heterocycles. The molecular formula is C19H31N. The van der Waals surface area contributed by atoms with Crippen molar-refractivity contribution < 1.29 is 0 Å². The number of aryl methyl sites for hydroxylation is 1. The van der Waals surface area contributed by atoms with Crippen molar-refractivity contribution in [1.29, 1.82) is 0 Å². The molecule has 1 saturated carbocycles. The van der Waals surface area contributed by atoms with Gasteiger partial charge in [0.2, 0.25) is 0 Å². The maximum atomic E-state index is 3.57. The molecule has 1 heteroatoms. The second-order valence-corrected chi connectivity index (χ2v) is 6.60. The molecule has 0 heterocycles. The molecule has 20 heavy (non-hydrogen) atoms. The summed E-state index contributed by atoms with van der Waals surface area (Å²) in [7, 11) is 2.12. The number of hydrogen-bond donors (Lipinski definition) is 1. The van der Waals surface area contributed by atoms with Gasteiger partial charge in [0.25, 0.3) is 0 Å². The molecule has 1 nitrogen and oxygen atoms in total. The van der Waals surface area contributed by atoms with Gasteiger partial charge in [-0.25, -0.2) is 0 Å². The number of hydrogen-bond acceptors (Lipinski definition) is 1. The van der Waals surface area contributed by atoms with E-state index >= 15 is 0 Å². The molecule has 1 atom stereocenters. The Morgan fingerprint density at radius 1 is 1.10 bits per heavy atom. The summed E-state index contributed by atoms with van der Waals surface area (Å²) in [5, 5.41) is 3.57. The molecule has 0 radical (unpaired) electrons. The van der Waals surface area contributed by atoms with Crippen molar-refractivity contribution in [3.63, 3.8) is 0 Å². The van der Waals surface area contributed by atoms with Crippen LogP contribution in [0.25, 0.3) is 0 Å². The lowest BCUT2D eigenvalue weighted by Crippen LogP contribution is -2.28. The van der Waals surface area contributed by atoms with E-state index < -0.39 is 0 Å². The molecule has 0 amide bonds. The number of nitrogens with one attached hydrogen (secondary N) is 1. The highest BCUT2D eigenvalue weighted by Crippen LogP contribution is 2.38. The quantitative estimate of drug-likeness (QED) is 0.746. The summed E-state index contributed by atoms with van der Waals surface area (Å²) in [5.41, 5.74) is 2.82. The van der Waals surface area contributed by atoms with Crippen LogP contribution in [0.2, 0.25) is 0 Å². The van der Waals surface area contributed by atoms with Crippen molar-refractivity contribution in [1.82, 2.24) is 5.32 Å². The van der Waals surface area contributed by atoms with Crippen LogP contribution in [0.4, 0.5) is 0 Å². The summed E-state index contributed by atoms with van der Waals surface area (Å²) in [6.45, 7) is 4.47. The number of benzene rings is 1. The van der Waals surface area contributed by atoms with Crippen LogP contribution in [0, 0.1) is 18.8 Å². The van der Waals surface area contributed by atoms with Crippen molar-refractivity contribution in [2.45, 2.75) is 64.8 Å². The average molecular weight is 273 g/mol. The Kier molecular flexibility index (Phi) is 6.09. The van der Waals surface area contributed by atoms with Gasteiger partial charge in [-0.3, -0.25) is 0 Å². The maximum Gasteiger partial charge on any atom is 0.0346 e. The van der Waals surface area contributed by atoms with Crippen LogP contribution in [-0.4, -0.2) is 7.05 Å². The van der Waals surface area contributed by atoms with Gasteiger partial charge in [0.05, 0.1) is 0 Å². The van der Waals surface area contributed by atoms with E-state index in [1.807, 2.05) is 0 Å². The molecule has 1 aromatic rings. The van der Waals surface area contributed by atoms with E-state index in [1.54, 1.807) is 0 Å². The summed E-state index contributed by atoms with van der Waals surface area (Å²) in [6, 6.07) is 9.64. The average Bonchev–Trinajstić information content (AvgIpc) is 2.49. The molecule has 1 fully saturated rings. The van der Waals surface area contributed by atoms with Crippen LogP contribution in [-0.2, 0) is 0 Å². The molecule has 0 bridgehead atoms. The lowest BCUT2D eigenvalue weighted by Gasteiger charge is -2.34. The predicted octanol–water partition coefficient (Wildman–Crippen LogP) is 5.25. The van der Waals surface area contributed by atoms with Crippen LogP contribution in [0.1, 0.15) is 69.0 Å². The Morgan fingerprint density at radius 3 is 2.30 bits per heavy atom. The van der Waals surface area contributed by atoms with Crippen LogP contribution in [0.3, 0.4) is 0 Å². The van der Waals surface area contributed by atoms with E-state index in [-0.39, 0.29) is 0 Å². The monoisotopic (exact) mass is 273 g/mol. The van der Waals surface area contributed by atoms with Crippen LogP contribution < -0.4 is 5.32 Å². The topological polar surface area (TPSA) is 12.0 Å². The molecule has 1 N–H and O–H groups in total. The zero-order valence-electron chi connectivity index (χ0n) is 13.5. The largest absolute Gasteiger partial charge is 0.313 e. The van der Waals surface area contributed by atoms with Crippen molar-refractivity contribution in [3.05, 3.63) is 35.4 Å². The van der Waals surface area contributed by atoms with Gasteiger partial charge in [0.1, 0.15) is 0 Å². The minimum Gasteiger partial charge on any atom is -0.313 e. The van der Waals surface area contributed by atoms with E-state index in [0.717, 1.165) is 11.8 Å². The predicted molar refractivity (Wildman–Crippen MR) is 88.0 cm³/mol. The van der Waals surface area contributed by atoms with Gasteiger partial charge in [-0.15, -0.1) is 0 Å². The highest BCUT2D eigenvalue weighted by Gasteiger charge is 2.27. The van der Waals surface area contributed by atoms with Gasteiger partial charge in [0.15, 0.2) is 0 Å². The SMILES string of the molecule is CCCCC1CCC(C(NC)c2ccc(C)cc2)CC1. The van der Waals surface area contributed by atoms with Gasteiger partial charge in [-0.05, 0) is 44.2 Å². The molecule has 1 aromatic carbocycles. The fourth-order valence-corrected chi connectivity index (χ4v) is 3.75. The van der Waals surface area contributed by atoms with Crippen LogP contribution in [0.15, 0.2) is 24.3 Å². The zero-order chi connectivity index (χ0) is 14.4. The molecule has 1 aliphatic carbocycles. The third-order valence-corrected chi connectivity index (χ3v) is 5.08. The van der Waals surface area contributed by atoms with Crippen molar-refractivity contribution in [2.24, 2.45) is 11.8 Å². The fraction of sp³-hybridized carbons (Fsp3) is 0.684. The summed E-state index contributed by atoms with van der Waals surface area (Å²) in [4.78, 5) is 0. The minimum absolute atomic E-state index is 0.544. The normalized spacial score (nSPS) is 24.6. The Hall–Kier alpha value is -0.820. The van der Waals surface area contributed by atoms with E-state index in [0.29, 0.717) is 6.04 Å². The number of rotatable bonds is 6. The van der Waals surface area contributed by atoms with Gasteiger partial charge >= 0.3 is 0 Å². The first-order valence-electron chi connectivity index (χ1n) is 8.48. The molecule has 0 aromatic heterocycles. The van der Waals surface area contributed by atoms with Crippen LogP contribution >= 0.6 is 0 Å².